The van der Waals surface area contributed by atoms with E-state index in [0.717, 1.165) is 5.56 Å². The highest BCUT2D eigenvalue weighted by Gasteiger charge is 2.03. The second kappa shape index (κ2) is 6.91. The molecule has 1 aromatic heterocycles. The van der Waals surface area contributed by atoms with E-state index >= 15 is 0 Å². The van der Waals surface area contributed by atoms with Gasteiger partial charge in [0.2, 0.25) is 0 Å². The van der Waals surface area contributed by atoms with Crippen molar-refractivity contribution < 1.29 is 9.50 Å². The smallest absolute Gasteiger partial charge is 0.191 e. The summed E-state index contributed by atoms with van der Waals surface area (Å²) in [5.41, 5.74) is 0.736. The summed E-state index contributed by atoms with van der Waals surface area (Å²) in [5.74, 6) is -0.313. The zero-order chi connectivity index (χ0) is 14.4. The minimum Gasteiger partial charge on any atom is -0.505 e. The second-order valence-corrected chi connectivity index (χ2v) is 5.18. The van der Waals surface area contributed by atoms with Crippen LogP contribution < -0.4 is 10.6 Å². The van der Waals surface area contributed by atoms with Crippen LogP contribution in [0.4, 0.5) is 4.39 Å². The fourth-order valence-electron chi connectivity index (χ4n) is 1.65. The number of nitrogens with one attached hydrogen (secondary N) is 2. The maximum absolute atomic E-state index is 13.2. The molecule has 0 bridgehead atoms. The molecule has 4 nitrogen and oxygen atoms in total. The molecule has 0 spiro atoms. The van der Waals surface area contributed by atoms with Crippen molar-refractivity contribution in [1.29, 1.82) is 0 Å². The molecule has 1 aromatic carbocycles. The lowest BCUT2D eigenvalue weighted by atomic mass is 10.2. The Morgan fingerprint density at radius 1 is 1.30 bits per heavy atom. The molecule has 1 heterocycles. The number of hydrogen-bond acceptors (Lipinski definition) is 3. The third kappa shape index (κ3) is 3.96. The van der Waals surface area contributed by atoms with Gasteiger partial charge in [0.25, 0.3) is 0 Å². The van der Waals surface area contributed by atoms with Crippen LogP contribution in [0.15, 0.2) is 40.7 Å². The molecule has 2 aromatic rings. The first-order valence-corrected chi connectivity index (χ1v) is 7.01. The summed E-state index contributed by atoms with van der Waals surface area (Å²) in [7, 11) is 1.68. The van der Waals surface area contributed by atoms with E-state index in [9.17, 15) is 4.39 Å². The Hall–Kier alpha value is -2.08. The second-order valence-electron chi connectivity index (χ2n) is 4.14. The van der Waals surface area contributed by atoms with Crippen molar-refractivity contribution in [3.8, 4) is 5.75 Å². The number of aliphatic imine (C=N–C) groups is 1. The third-order valence-electron chi connectivity index (χ3n) is 2.71. The van der Waals surface area contributed by atoms with Gasteiger partial charge in [-0.05, 0) is 29.1 Å². The van der Waals surface area contributed by atoms with Crippen molar-refractivity contribution in [2.24, 2.45) is 4.99 Å². The molecule has 2 rings (SSSR count). The fourth-order valence-corrected chi connectivity index (χ4v) is 2.30. The summed E-state index contributed by atoms with van der Waals surface area (Å²) in [6.45, 7) is 1.13. The zero-order valence-electron chi connectivity index (χ0n) is 11.1. The number of benzene rings is 1. The maximum Gasteiger partial charge on any atom is 0.191 e. The Bertz CT molecular complexity index is 584. The van der Waals surface area contributed by atoms with Gasteiger partial charge in [-0.15, -0.1) is 11.3 Å². The largest absolute Gasteiger partial charge is 0.505 e. The number of halogens is 1. The van der Waals surface area contributed by atoms with Gasteiger partial charge in [-0.1, -0.05) is 12.1 Å². The van der Waals surface area contributed by atoms with Crippen molar-refractivity contribution in [3.63, 3.8) is 0 Å². The van der Waals surface area contributed by atoms with Gasteiger partial charge in [-0.2, -0.15) is 0 Å². The Kier molecular flexibility index (Phi) is 4.95. The summed E-state index contributed by atoms with van der Waals surface area (Å²) in [6, 6.07) is 8.35. The Balaban J connectivity index is 1.85. The SMILES string of the molecule is CN=C(NCc1ccc(O)c(F)c1)NCc1cccs1. The number of thiophene rings is 1. The van der Waals surface area contributed by atoms with Gasteiger partial charge in [-0.3, -0.25) is 4.99 Å². The van der Waals surface area contributed by atoms with Crippen LogP contribution in [0.25, 0.3) is 0 Å². The average molecular weight is 293 g/mol. The van der Waals surface area contributed by atoms with Crippen LogP contribution in [0.1, 0.15) is 10.4 Å². The van der Waals surface area contributed by atoms with E-state index < -0.39 is 5.82 Å². The van der Waals surface area contributed by atoms with Crippen LogP contribution in [-0.4, -0.2) is 18.1 Å². The molecule has 20 heavy (non-hydrogen) atoms. The van der Waals surface area contributed by atoms with Gasteiger partial charge in [0.15, 0.2) is 17.5 Å². The van der Waals surface area contributed by atoms with Gasteiger partial charge in [0.05, 0.1) is 6.54 Å². The van der Waals surface area contributed by atoms with E-state index in [4.69, 9.17) is 5.11 Å². The molecule has 0 radical (unpaired) electrons. The van der Waals surface area contributed by atoms with Gasteiger partial charge in [0.1, 0.15) is 0 Å². The summed E-state index contributed by atoms with van der Waals surface area (Å²) in [6.07, 6.45) is 0. The molecule has 6 heteroatoms. The summed E-state index contributed by atoms with van der Waals surface area (Å²) >= 11 is 1.67. The van der Waals surface area contributed by atoms with Crippen LogP contribution in [0.2, 0.25) is 0 Å². The molecule has 0 atom stereocenters. The van der Waals surface area contributed by atoms with Gasteiger partial charge in [0, 0.05) is 18.5 Å². The van der Waals surface area contributed by atoms with Crippen LogP contribution in [0.5, 0.6) is 5.75 Å². The molecule has 0 fully saturated rings. The zero-order valence-corrected chi connectivity index (χ0v) is 11.9. The van der Waals surface area contributed by atoms with Crippen LogP contribution in [-0.2, 0) is 13.1 Å². The molecule has 0 unspecified atom stereocenters. The number of hydrogen-bond donors (Lipinski definition) is 3. The monoisotopic (exact) mass is 293 g/mol. The first-order valence-electron chi connectivity index (χ1n) is 6.13. The number of aromatic hydroxyl groups is 1. The van der Waals surface area contributed by atoms with Crippen molar-refractivity contribution >= 4 is 17.3 Å². The number of guanidine groups is 1. The maximum atomic E-state index is 13.2. The Morgan fingerprint density at radius 3 is 2.75 bits per heavy atom. The minimum atomic E-state index is -0.620. The normalized spacial score (nSPS) is 11.4. The van der Waals surface area contributed by atoms with E-state index in [0.29, 0.717) is 19.0 Å². The first kappa shape index (κ1) is 14.3. The van der Waals surface area contributed by atoms with E-state index in [1.807, 2.05) is 17.5 Å². The summed E-state index contributed by atoms with van der Waals surface area (Å²) < 4.78 is 13.2. The molecule has 3 N–H and O–H groups in total. The lowest BCUT2D eigenvalue weighted by Crippen LogP contribution is -2.36. The van der Waals surface area contributed by atoms with Crippen molar-refractivity contribution in [1.82, 2.24) is 10.6 Å². The summed E-state index contributed by atoms with van der Waals surface area (Å²) in [5, 5.41) is 17.4. The molecule has 0 aliphatic rings. The number of phenols is 1. The van der Waals surface area contributed by atoms with E-state index in [-0.39, 0.29) is 5.75 Å². The molecule has 106 valence electrons. The quantitative estimate of drug-likeness (QED) is 0.599. The molecule has 0 saturated heterocycles. The molecule has 0 amide bonds. The highest BCUT2D eigenvalue weighted by molar-refractivity contribution is 7.09. The van der Waals surface area contributed by atoms with Crippen molar-refractivity contribution in [2.45, 2.75) is 13.1 Å². The molecular formula is C14H16FN3OS. The first-order chi connectivity index (χ1) is 9.69. The van der Waals surface area contributed by atoms with Crippen LogP contribution in [0.3, 0.4) is 0 Å². The van der Waals surface area contributed by atoms with Crippen LogP contribution >= 0.6 is 11.3 Å². The Labute approximate surface area is 121 Å². The summed E-state index contributed by atoms with van der Waals surface area (Å²) in [4.78, 5) is 5.31. The highest BCUT2D eigenvalue weighted by Crippen LogP contribution is 2.15. The average Bonchev–Trinajstić information content (AvgIpc) is 2.96. The predicted octanol–water partition coefficient (Wildman–Crippen LogP) is 2.46. The fraction of sp³-hybridized carbons (Fsp3) is 0.214. The number of nitrogens with zero attached hydrogens (tertiary/aromatic N) is 1. The lowest BCUT2D eigenvalue weighted by Gasteiger charge is -2.11. The molecule has 0 aliphatic heterocycles. The predicted molar refractivity (Wildman–Crippen MR) is 79.4 cm³/mol. The van der Waals surface area contributed by atoms with E-state index in [1.54, 1.807) is 24.5 Å². The Morgan fingerprint density at radius 2 is 2.10 bits per heavy atom. The van der Waals surface area contributed by atoms with E-state index in [2.05, 4.69) is 15.6 Å². The van der Waals surface area contributed by atoms with Gasteiger partial charge in [-0.25, -0.2) is 4.39 Å². The van der Waals surface area contributed by atoms with Crippen molar-refractivity contribution in [2.75, 3.05) is 7.05 Å². The molecule has 0 saturated carbocycles. The van der Waals surface area contributed by atoms with Gasteiger partial charge >= 0.3 is 0 Å². The lowest BCUT2D eigenvalue weighted by molar-refractivity contribution is 0.431. The van der Waals surface area contributed by atoms with Crippen molar-refractivity contribution in [3.05, 3.63) is 52.0 Å². The number of rotatable bonds is 4. The van der Waals surface area contributed by atoms with Gasteiger partial charge < -0.3 is 15.7 Å². The number of phenolic OH excluding ortho intramolecular Hbond substituents is 1. The molecular weight excluding hydrogens is 277 g/mol. The minimum absolute atomic E-state index is 0.339. The van der Waals surface area contributed by atoms with E-state index in [1.165, 1.54) is 17.0 Å². The third-order valence-corrected chi connectivity index (χ3v) is 3.58. The highest BCUT2D eigenvalue weighted by atomic mass is 32.1. The topological polar surface area (TPSA) is 56.7 Å². The standard InChI is InChI=1S/C14H16FN3OS/c1-16-14(18-9-11-3-2-6-20-11)17-8-10-4-5-13(19)12(15)7-10/h2-7,19H,8-9H2,1H3,(H2,16,17,18). The molecule has 0 aliphatic carbocycles. The van der Waals surface area contributed by atoms with Crippen LogP contribution in [0, 0.1) is 5.82 Å².